The van der Waals surface area contributed by atoms with Crippen LogP contribution in [0.1, 0.15) is 18.5 Å². The van der Waals surface area contributed by atoms with Crippen LogP contribution >= 0.6 is 0 Å². The third-order valence-corrected chi connectivity index (χ3v) is 2.41. The summed E-state index contributed by atoms with van der Waals surface area (Å²) in [7, 11) is 0. The molecule has 0 radical (unpaired) electrons. The summed E-state index contributed by atoms with van der Waals surface area (Å²) in [5.74, 6) is 0.280. The molecule has 0 bridgehead atoms. The highest BCUT2D eigenvalue weighted by Crippen LogP contribution is 2.27. The van der Waals surface area contributed by atoms with Crippen molar-refractivity contribution in [3.63, 3.8) is 0 Å². The highest BCUT2D eigenvalue weighted by atomic mass is 16.5. The summed E-state index contributed by atoms with van der Waals surface area (Å²) >= 11 is 0. The molecule has 0 aromatic heterocycles. The van der Waals surface area contributed by atoms with Crippen LogP contribution in [0, 0.1) is 0 Å². The molecule has 17 heavy (non-hydrogen) atoms. The third-order valence-electron chi connectivity index (χ3n) is 2.41. The van der Waals surface area contributed by atoms with Gasteiger partial charge in [-0.1, -0.05) is 0 Å². The minimum Gasteiger partial charge on any atom is -0.508 e. The zero-order valence-corrected chi connectivity index (χ0v) is 9.89. The Bertz CT molecular complexity index is 343. The summed E-state index contributed by atoms with van der Waals surface area (Å²) in [5, 5.41) is 30.6. The number of aliphatic hydroxyl groups excluding tert-OH is 1. The smallest absolute Gasteiger partial charge is 0.120 e. The number of hydrogen-bond acceptors (Lipinski definition) is 5. The number of phenolic OH excluding ortho intramolecular Hbond substituents is 2. The highest BCUT2D eigenvalue weighted by Gasteiger charge is 2.10. The molecule has 0 fully saturated rings. The van der Waals surface area contributed by atoms with Gasteiger partial charge >= 0.3 is 0 Å². The second-order valence-corrected chi connectivity index (χ2v) is 3.75. The molecule has 0 saturated carbocycles. The van der Waals surface area contributed by atoms with Crippen molar-refractivity contribution in [2.45, 2.75) is 13.0 Å². The number of phenols is 2. The van der Waals surface area contributed by atoms with Gasteiger partial charge in [-0.15, -0.1) is 0 Å². The van der Waals surface area contributed by atoms with E-state index in [0.29, 0.717) is 25.3 Å². The first-order valence-electron chi connectivity index (χ1n) is 5.59. The summed E-state index contributed by atoms with van der Waals surface area (Å²) in [6.07, 6.45) is 0. The van der Waals surface area contributed by atoms with E-state index in [0.717, 1.165) is 0 Å². The average Bonchev–Trinajstić information content (AvgIpc) is 2.32. The van der Waals surface area contributed by atoms with E-state index >= 15 is 0 Å². The Morgan fingerprint density at radius 1 is 1.29 bits per heavy atom. The Morgan fingerprint density at radius 2 is 2.06 bits per heavy atom. The molecule has 5 heteroatoms. The molecule has 0 aliphatic heterocycles. The second kappa shape index (κ2) is 7.11. The standard InChI is InChI=1S/C12H19NO4/c1-9(13-4-6-17-7-5-14)11-8-10(15)2-3-12(11)16/h2-3,8-9,13-16H,4-7H2,1H3. The van der Waals surface area contributed by atoms with E-state index in [-0.39, 0.29) is 24.1 Å². The van der Waals surface area contributed by atoms with Gasteiger partial charge in [0.15, 0.2) is 0 Å². The van der Waals surface area contributed by atoms with Crippen LogP contribution < -0.4 is 5.32 Å². The van der Waals surface area contributed by atoms with Crippen LogP contribution in [0.15, 0.2) is 18.2 Å². The van der Waals surface area contributed by atoms with Crippen molar-refractivity contribution in [3.05, 3.63) is 23.8 Å². The summed E-state index contributed by atoms with van der Waals surface area (Å²) in [6, 6.07) is 4.35. The Hall–Kier alpha value is -1.30. The fourth-order valence-electron chi connectivity index (χ4n) is 1.51. The molecule has 1 aromatic carbocycles. The largest absolute Gasteiger partial charge is 0.508 e. The van der Waals surface area contributed by atoms with Gasteiger partial charge in [-0.05, 0) is 25.1 Å². The summed E-state index contributed by atoms with van der Waals surface area (Å²) in [4.78, 5) is 0. The summed E-state index contributed by atoms with van der Waals surface area (Å²) in [5.41, 5.74) is 0.646. The lowest BCUT2D eigenvalue weighted by Gasteiger charge is -2.15. The Morgan fingerprint density at radius 3 is 2.76 bits per heavy atom. The van der Waals surface area contributed by atoms with Crippen LogP contribution in [0.5, 0.6) is 11.5 Å². The highest BCUT2D eigenvalue weighted by molar-refractivity contribution is 5.40. The Kier molecular flexibility index (Phi) is 5.76. The summed E-state index contributed by atoms with van der Waals surface area (Å²) < 4.78 is 5.10. The van der Waals surface area contributed by atoms with Crippen molar-refractivity contribution in [3.8, 4) is 11.5 Å². The zero-order chi connectivity index (χ0) is 12.7. The monoisotopic (exact) mass is 241 g/mol. The maximum absolute atomic E-state index is 9.63. The zero-order valence-electron chi connectivity index (χ0n) is 9.89. The van der Waals surface area contributed by atoms with Crippen LogP contribution in [0.25, 0.3) is 0 Å². The molecule has 96 valence electrons. The van der Waals surface area contributed by atoms with Crippen molar-refractivity contribution in [2.24, 2.45) is 0 Å². The van der Waals surface area contributed by atoms with E-state index in [1.807, 2.05) is 6.92 Å². The maximum Gasteiger partial charge on any atom is 0.120 e. The predicted octanol–water partition coefficient (Wildman–Crippen LogP) is 0.757. The first-order chi connectivity index (χ1) is 8.15. The van der Waals surface area contributed by atoms with Gasteiger partial charge in [0.1, 0.15) is 11.5 Å². The van der Waals surface area contributed by atoms with Gasteiger partial charge in [0.25, 0.3) is 0 Å². The van der Waals surface area contributed by atoms with Crippen molar-refractivity contribution in [1.82, 2.24) is 5.32 Å². The lowest BCUT2D eigenvalue weighted by atomic mass is 10.1. The van der Waals surface area contributed by atoms with Gasteiger partial charge in [0, 0.05) is 18.2 Å². The number of hydrogen-bond donors (Lipinski definition) is 4. The number of aliphatic hydroxyl groups is 1. The number of aromatic hydroxyl groups is 2. The van der Waals surface area contributed by atoms with Crippen molar-refractivity contribution < 1.29 is 20.1 Å². The first-order valence-corrected chi connectivity index (χ1v) is 5.59. The van der Waals surface area contributed by atoms with E-state index in [1.165, 1.54) is 18.2 Å². The SMILES string of the molecule is CC(NCCOCCO)c1cc(O)ccc1O. The number of ether oxygens (including phenoxy) is 1. The molecule has 0 heterocycles. The van der Waals surface area contributed by atoms with E-state index in [4.69, 9.17) is 9.84 Å². The minimum atomic E-state index is -0.0835. The lowest BCUT2D eigenvalue weighted by Crippen LogP contribution is -2.23. The van der Waals surface area contributed by atoms with Gasteiger partial charge in [-0.25, -0.2) is 0 Å². The number of nitrogens with one attached hydrogen (secondary N) is 1. The van der Waals surface area contributed by atoms with Crippen LogP contribution in [0.2, 0.25) is 0 Å². The van der Waals surface area contributed by atoms with Crippen molar-refractivity contribution in [1.29, 1.82) is 0 Å². The van der Waals surface area contributed by atoms with Gasteiger partial charge < -0.3 is 25.4 Å². The molecule has 1 aromatic rings. The van der Waals surface area contributed by atoms with E-state index in [1.54, 1.807) is 0 Å². The van der Waals surface area contributed by atoms with Crippen molar-refractivity contribution in [2.75, 3.05) is 26.4 Å². The Balaban J connectivity index is 2.41. The molecule has 1 atom stereocenters. The van der Waals surface area contributed by atoms with Gasteiger partial charge in [-0.2, -0.15) is 0 Å². The van der Waals surface area contributed by atoms with Gasteiger partial charge in [0.05, 0.1) is 19.8 Å². The average molecular weight is 241 g/mol. The quantitative estimate of drug-likeness (QED) is 0.418. The van der Waals surface area contributed by atoms with Crippen LogP contribution in [-0.4, -0.2) is 41.7 Å². The normalized spacial score (nSPS) is 12.6. The Labute approximate surface area is 101 Å². The molecule has 1 unspecified atom stereocenters. The molecular weight excluding hydrogens is 222 g/mol. The molecule has 0 saturated heterocycles. The second-order valence-electron chi connectivity index (χ2n) is 3.75. The number of rotatable bonds is 7. The maximum atomic E-state index is 9.63. The molecular formula is C12H19NO4. The molecule has 4 N–H and O–H groups in total. The first kappa shape index (κ1) is 13.8. The van der Waals surface area contributed by atoms with Crippen LogP contribution in [0.4, 0.5) is 0 Å². The fraction of sp³-hybridized carbons (Fsp3) is 0.500. The number of benzene rings is 1. The fourth-order valence-corrected chi connectivity index (χ4v) is 1.51. The molecule has 5 nitrogen and oxygen atoms in total. The third kappa shape index (κ3) is 4.60. The van der Waals surface area contributed by atoms with E-state index in [9.17, 15) is 10.2 Å². The minimum absolute atomic E-state index is 0.0168. The molecule has 0 amide bonds. The molecule has 0 aliphatic carbocycles. The molecule has 0 spiro atoms. The van der Waals surface area contributed by atoms with E-state index in [2.05, 4.69) is 5.32 Å². The summed E-state index contributed by atoms with van der Waals surface area (Å²) in [6.45, 7) is 3.33. The lowest BCUT2D eigenvalue weighted by molar-refractivity contribution is 0.0928. The van der Waals surface area contributed by atoms with Gasteiger partial charge in [0.2, 0.25) is 0 Å². The van der Waals surface area contributed by atoms with Crippen LogP contribution in [-0.2, 0) is 4.74 Å². The predicted molar refractivity (Wildman–Crippen MR) is 64.1 cm³/mol. The molecule has 1 rings (SSSR count). The van der Waals surface area contributed by atoms with Gasteiger partial charge in [-0.3, -0.25) is 0 Å². The van der Waals surface area contributed by atoms with E-state index < -0.39 is 0 Å². The molecule has 0 aliphatic rings. The van der Waals surface area contributed by atoms with Crippen LogP contribution in [0.3, 0.4) is 0 Å². The topological polar surface area (TPSA) is 82.0 Å². The van der Waals surface area contributed by atoms with Crippen molar-refractivity contribution >= 4 is 0 Å².